The van der Waals surface area contributed by atoms with Gasteiger partial charge in [-0.25, -0.2) is 0 Å². The summed E-state index contributed by atoms with van der Waals surface area (Å²) < 4.78 is 5.65. The van der Waals surface area contributed by atoms with Crippen molar-refractivity contribution in [1.82, 2.24) is 0 Å². The van der Waals surface area contributed by atoms with Gasteiger partial charge in [-0.1, -0.05) is 32.6 Å². The lowest BCUT2D eigenvalue weighted by molar-refractivity contribution is 0.00567. The van der Waals surface area contributed by atoms with E-state index in [1.165, 1.54) is 25.7 Å². The summed E-state index contributed by atoms with van der Waals surface area (Å²) in [5.74, 6) is 0. The third kappa shape index (κ3) is 8.07. The van der Waals surface area contributed by atoms with E-state index in [0.29, 0.717) is 12.5 Å². The number of hydrogen-bond donors (Lipinski definition) is 0. The van der Waals surface area contributed by atoms with E-state index in [0.717, 1.165) is 6.42 Å². The Balaban J connectivity index is 3.36. The minimum atomic E-state index is 0.0844. The predicted octanol–water partition coefficient (Wildman–Crippen LogP) is 3.66. The molecule has 82 valence electrons. The van der Waals surface area contributed by atoms with Crippen LogP contribution in [0.5, 0.6) is 0 Å². The molecule has 0 aromatic rings. The van der Waals surface area contributed by atoms with Crippen LogP contribution in [0, 0.1) is 11.3 Å². The highest BCUT2D eigenvalue weighted by molar-refractivity contribution is 4.73. The van der Waals surface area contributed by atoms with Crippen LogP contribution in [0.2, 0.25) is 0 Å². The fourth-order valence-electron chi connectivity index (χ4n) is 1.50. The molecule has 14 heavy (non-hydrogen) atoms. The minimum absolute atomic E-state index is 0.0844. The number of rotatable bonds is 8. The van der Waals surface area contributed by atoms with E-state index < -0.39 is 0 Å². The summed E-state index contributed by atoms with van der Waals surface area (Å²) in [6.07, 6.45) is 7.15. The Kier molecular flexibility index (Phi) is 8.67. The molecule has 0 aliphatic rings. The molecule has 0 heterocycles. The molecule has 0 amide bonds. The summed E-state index contributed by atoms with van der Waals surface area (Å²) >= 11 is 0. The Hall–Kier alpha value is -0.550. The first-order chi connectivity index (χ1) is 6.70. The quantitative estimate of drug-likeness (QED) is 0.556. The van der Waals surface area contributed by atoms with Crippen LogP contribution < -0.4 is 0 Å². The second kappa shape index (κ2) is 9.02. The van der Waals surface area contributed by atoms with Gasteiger partial charge in [0.05, 0.1) is 24.7 Å². The molecule has 0 saturated heterocycles. The van der Waals surface area contributed by atoms with Crippen molar-refractivity contribution in [3.8, 4) is 6.07 Å². The summed E-state index contributed by atoms with van der Waals surface area (Å²) in [6, 6.07) is 2.12. The molecular weight excluding hydrogens is 174 g/mol. The molecule has 2 unspecified atom stereocenters. The van der Waals surface area contributed by atoms with Gasteiger partial charge in [0.2, 0.25) is 0 Å². The van der Waals surface area contributed by atoms with Gasteiger partial charge in [0, 0.05) is 0 Å². The molecule has 0 spiro atoms. The van der Waals surface area contributed by atoms with Crippen molar-refractivity contribution in [3.63, 3.8) is 0 Å². The summed E-state index contributed by atoms with van der Waals surface area (Å²) in [4.78, 5) is 0. The topological polar surface area (TPSA) is 33.0 Å². The van der Waals surface area contributed by atoms with Crippen molar-refractivity contribution < 1.29 is 4.74 Å². The van der Waals surface area contributed by atoms with Crippen LogP contribution in [0.4, 0.5) is 0 Å². The fourth-order valence-corrected chi connectivity index (χ4v) is 1.50. The van der Waals surface area contributed by atoms with Gasteiger partial charge in [-0.05, 0) is 20.3 Å². The van der Waals surface area contributed by atoms with Gasteiger partial charge in [-0.15, -0.1) is 0 Å². The van der Waals surface area contributed by atoms with E-state index >= 15 is 0 Å². The molecule has 0 aromatic carbocycles. The molecule has 0 aliphatic carbocycles. The van der Waals surface area contributed by atoms with Crippen LogP contribution in [0.3, 0.4) is 0 Å². The van der Waals surface area contributed by atoms with Crippen LogP contribution in [0.25, 0.3) is 0 Å². The molecule has 0 N–H and O–H groups in total. The lowest BCUT2D eigenvalue weighted by Crippen LogP contribution is -2.16. The fraction of sp³-hybridized carbons (Fsp3) is 0.917. The van der Waals surface area contributed by atoms with Crippen LogP contribution in [-0.2, 0) is 4.74 Å². The maximum atomic E-state index is 8.47. The Morgan fingerprint density at radius 3 is 2.43 bits per heavy atom. The number of nitriles is 1. The van der Waals surface area contributed by atoms with Crippen molar-refractivity contribution in [2.24, 2.45) is 0 Å². The van der Waals surface area contributed by atoms with E-state index in [1.807, 2.05) is 6.92 Å². The average molecular weight is 197 g/mol. The second-order valence-corrected chi connectivity index (χ2v) is 3.97. The molecule has 0 radical (unpaired) electrons. The highest BCUT2D eigenvalue weighted by Crippen LogP contribution is 2.10. The van der Waals surface area contributed by atoms with Crippen molar-refractivity contribution in [1.29, 1.82) is 5.26 Å². The first kappa shape index (κ1) is 13.4. The molecule has 0 bridgehead atoms. The van der Waals surface area contributed by atoms with Crippen LogP contribution >= 0.6 is 0 Å². The standard InChI is InChI=1S/C12H23NO/c1-4-5-6-7-8-11(2)14-12(3)9-10-13/h11-12H,4-9H2,1-3H3. The van der Waals surface area contributed by atoms with Gasteiger partial charge in [0.1, 0.15) is 0 Å². The first-order valence-corrected chi connectivity index (χ1v) is 5.73. The third-order valence-corrected chi connectivity index (χ3v) is 2.31. The summed E-state index contributed by atoms with van der Waals surface area (Å²) in [7, 11) is 0. The molecule has 0 aromatic heterocycles. The van der Waals surface area contributed by atoms with Gasteiger partial charge < -0.3 is 4.74 Å². The van der Waals surface area contributed by atoms with E-state index in [-0.39, 0.29) is 6.10 Å². The lowest BCUT2D eigenvalue weighted by atomic mass is 10.1. The highest BCUT2D eigenvalue weighted by atomic mass is 16.5. The average Bonchev–Trinajstić information content (AvgIpc) is 2.13. The number of unbranched alkanes of at least 4 members (excludes halogenated alkanes) is 3. The van der Waals surface area contributed by atoms with Gasteiger partial charge in [0.15, 0.2) is 0 Å². The van der Waals surface area contributed by atoms with E-state index in [4.69, 9.17) is 10.00 Å². The summed E-state index contributed by atoms with van der Waals surface area (Å²) in [6.45, 7) is 6.28. The van der Waals surface area contributed by atoms with Crippen LogP contribution in [0.1, 0.15) is 59.3 Å². The van der Waals surface area contributed by atoms with Crippen LogP contribution in [0.15, 0.2) is 0 Å². The SMILES string of the molecule is CCCCCCC(C)OC(C)CC#N. The predicted molar refractivity (Wildman–Crippen MR) is 59.0 cm³/mol. The molecule has 2 heteroatoms. The Bertz CT molecular complexity index is 162. The van der Waals surface area contributed by atoms with Gasteiger partial charge >= 0.3 is 0 Å². The van der Waals surface area contributed by atoms with E-state index in [9.17, 15) is 0 Å². The second-order valence-electron chi connectivity index (χ2n) is 3.97. The van der Waals surface area contributed by atoms with Crippen LogP contribution in [-0.4, -0.2) is 12.2 Å². The van der Waals surface area contributed by atoms with Crippen molar-refractivity contribution >= 4 is 0 Å². The maximum Gasteiger partial charge on any atom is 0.0680 e. The number of hydrogen-bond acceptors (Lipinski definition) is 2. The molecule has 0 fully saturated rings. The third-order valence-electron chi connectivity index (χ3n) is 2.31. The van der Waals surface area contributed by atoms with Crippen molar-refractivity contribution in [2.45, 2.75) is 71.5 Å². The number of ether oxygens (including phenoxy) is 1. The van der Waals surface area contributed by atoms with Crippen molar-refractivity contribution in [3.05, 3.63) is 0 Å². The summed E-state index contributed by atoms with van der Waals surface area (Å²) in [5, 5.41) is 8.47. The zero-order valence-electron chi connectivity index (χ0n) is 9.75. The molecule has 0 saturated carbocycles. The Morgan fingerprint density at radius 1 is 1.14 bits per heavy atom. The molecular formula is C12H23NO. The molecule has 2 nitrogen and oxygen atoms in total. The maximum absolute atomic E-state index is 8.47. The Morgan fingerprint density at radius 2 is 1.86 bits per heavy atom. The highest BCUT2D eigenvalue weighted by Gasteiger charge is 2.07. The smallest absolute Gasteiger partial charge is 0.0680 e. The zero-order chi connectivity index (χ0) is 10.8. The van der Waals surface area contributed by atoms with Gasteiger partial charge in [-0.3, -0.25) is 0 Å². The molecule has 0 rings (SSSR count). The number of nitrogens with zero attached hydrogens (tertiary/aromatic N) is 1. The molecule has 2 atom stereocenters. The summed E-state index contributed by atoms with van der Waals surface area (Å²) in [5.41, 5.74) is 0. The largest absolute Gasteiger partial charge is 0.374 e. The monoisotopic (exact) mass is 197 g/mol. The zero-order valence-corrected chi connectivity index (χ0v) is 9.75. The normalized spacial score (nSPS) is 14.7. The van der Waals surface area contributed by atoms with E-state index in [2.05, 4.69) is 19.9 Å². The van der Waals surface area contributed by atoms with Gasteiger partial charge in [0.25, 0.3) is 0 Å². The van der Waals surface area contributed by atoms with E-state index in [1.54, 1.807) is 0 Å². The first-order valence-electron chi connectivity index (χ1n) is 5.73. The lowest BCUT2D eigenvalue weighted by Gasteiger charge is -2.16. The Labute approximate surface area is 88.3 Å². The molecule has 0 aliphatic heterocycles. The van der Waals surface area contributed by atoms with Gasteiger partial charge in [-0.2, -0.15) is 5.26 Å². The minimum Gasteiger partial charge on any atom is -0.374 e. The van der Waals surface area contributed by atoms with Crippen molar-refractivity contribution in [2.75, 3.05) is 0 Å².